The Morgan fingerprint density at radius 1 is 0.912 bits per heavy atom. The van der Waals surface area contributed by atoms with Crippen LogP contribution < -0.4 is 38.9 Å². The number of carbonyl (C=O) groups excluding carboxylic acids is 4. The maximum Gasteiger partial charge on any atom is 0.326 e. The van der Waals surface area contributed by atoms with Gasteiger partial charge < -0.3 is 49.1 Å². The number of rotatable bonds is 17. The average Bonchev–Trinajstić information content (AvgIpc) is 2.76. The molecular weight excluding hydrogens is 472 g/mol. The molecule has 34 heavy (non-hydrogen) atoms. The van der Waals surface area contributed by atoms with E-state index in [4.69, 9.17) is 28.0 Å². The van der Waals surface area contributed by atoms with Gasteiger partial charge in [-0.2, -0.15) is 11.8 Å². The molecule has 4 amide bonds. The molecule has 0 bridgehead atoms. The van der Waals surface area contributed by atoms with Crippen molar-refractivity contribution in [2.75, 3.05) is 25.2 Å². The van der Waals surface area contributed by atoms with Crippen LogP contribution in [0, 0.1) is 0 Å². The van der Waals surface area contributed by atoms with E-state index in [2.05, 4.69) is 20.9 Å². The van der Waals surface area contributed by atoms with Gasteiger partial charge in [0.2, 0.25) is 23.6 Å². The molecule has 0 aromatic heterocycles. The lowest BCUT2D eigenvalue weighted by Crippen LogP contribution is -2.57. The number of thioether (sulfide) groups is 1. The largest absolute Gasteiger partial charge is 0.480 e. The van der Waals surface area contributed by atoms with E-state index in [1.165, 1.54) is 11.8 Å². The molecule has 4 unspecified atom stereocenters. The zero-order chi connectivity index (χ0) is 26.3. The minimum Gasteiger partial charge on any atom is -0.480 e. The van der Waals surface area contributed by atoms with Crippen LogP contribution in [0.15, 0.2) is 4.99 Å². The molecule has 0 fully saturated rings. The minimum atomic E-state index is -1.57. The summed E-state index contributed by atoms with van der Waals surface area (Å²) in [7, 11) is 0. The summed E-state index contributed by atoms with van der Waals surface area (Å²) in [5, 5.41) is 25.4. The van der Waals surface area contributed by atoms with Crippen molar-refractivity contribution in [3.8, 4) is 0 Å². The third-order valence-corrected chi connectivity index (χ3v) is 5.02. The van der Waals surface area contributed by atoms with Crippen LogP contribution in [0.4, 0.5) is 0 Å². The highest BCUT2D eigenvalue weighted by Gasteiger charge is 2.30. The highest BCUT2D eigenvalue weighted by Crippen LogP contribution is 2.06. The van der Waals surface area contributed by atoms with Crippen molar-refractivity contribution >= 4 is 47.3 Å². The Bertz CT molecular complexity index is 748. The molecule has 0 aliphatic rings. The average molecular weight is 507 g/mol. The van der Waals surface area contributed by atoms with Gasteiger partial charge in [0.25, 0.3) is 0 Å². The van der Waals surface area contributed by atoms with Crippen LogP contribution in [0.2, 0.25) is 0 Å². The smallest absolute Gasteiger partial charge is 0.326 e. The molecule has 13 N–H and O–H groups in total. The Hall–Kier alpha value is -3.11. The first-order chi connectivity index (χ1) is 15.9. The highest BCUT2D eigenvalue weighted by atomic mass is 32.2. The molecule has 15 nitrogen and oxygen atoms in total. The number of nitrogens with two attached hydrogens (primary N) is 4. The zero-order valence-electron chi connectivity index (χ0n) is 18.9. The maximum absolute atomic E-state index is 12.9. The standard InChI is InChI=1S/C18H34N8O7S/c1-34-6-4-11(16(31)26-12(17(32)33)7-13(20)28)25-15(30)10(3-2-5-23-18(21)22)24-14(29)9(19)8-27/h9-12,27H,2-8,19H2,1H3,(H2,20,28)(H,24,29)(H,25,30)(H,26,31)(H,32,33)(H4,21,22,23). The summed E-state index contributed by atoms with van der Waals surface area (Å²) in [4.78, 5) is 63.9. The first-order valence-electron chi connectivity index (χ1n) is 10.3. The lowest BCUT2D eigenvalue weighted by atomic mass is 10.1. The van der Waals surface area contributed by atoms with E-state index in [-0.39, 0.29) is 31.8 Å². The Morgan fingerprint density at radius 2 is 1.44 bits per heavy atom. The normalized spacial score (nSPS) is 14.1. The molecule has 0 rings (SSSR count). The quantitative estimate of drug-likeness (QED) is 0.0515. The van der Waals surface area contributed by atoms with Gasteiger partial charge in [-0.25, -0.2) is 4.79 Å². The lowest BCUT2D eigenvalue weighted by Gasteiger charge is -2.25. The van der Waals surface area contributed by atoms with Gasteiger partial charge in [0, 0.05) is 6.54 Å². The molecule has 0 aromatic carbocycles. The summed E-state index contributed by atoms with van der Waals surface area (Å²) in [5.41, 5.74) is 21.0. The monoisotopic (exact) mass is 506 g/mol. The second-order valence-corrected chi connectivity index (χ2v) is 8.20. The SMILES string of the molecule is CSCCC(NC(=O)C(CCCN=C(N)N)NC(=O)C(N)CO)C(=O)NC(CC(N)=O)C(=O)O. The summed E-state index contributed by atoms with van der Waals surface area (Å²) < 4.78 is 0. The fourth-order valence-corrected chi connectivity index (χ4v) is 3.06. The van der Waals surface area contributed by atoms with Crippen molar-refractivity contribution in [1.82, 2.24) is 16.0 Å². The van der Waals surface area contributed by atoms with Gasteiger partial charge in [0.15, 0.2) is 5.96 Å². The van der Waals surface area contributed by atoms with E-state index in [1.807, 2.05) is 0 Å². The van der Waals surface area contributed by atoms with E-state index >= 15 is 0 Å². The number of nitrogens with zero attached hydrogens (tertiary/aromatic N) is 1. The lowest BCUT2D eigenvalue weighted by molar-refractivity contribution is -0.143. The van der Waals surface area contributed by atoms with E-state index in [0.717, 1.165) is 0 Å². The summed E-state index contributed by atoms with van der Waals surface area (Å²) in [6.45, 7) is -0.485. The number of aliphatic imine (C=N–C) groups is 1. The summed E-state index contributed by atoms with van der Waals surface area (Å²) in [5.74, 6) is -4.49. The van der Waals surface area contributed by atoms with E-state index < -0.39 is 66.8 Å². The molecule has 0 saturated carbocycles. The highest BCUT2D eigenvalue weighted by molar-refractivity contribution is 7.98. The first kappa shape index (κ1) is 30.9. The zero-order valence-corrected chi connectivity index (χ0v) is 19.7. The van der Waals surface area contributed by atoms with Crippen LogP contribution in [0.5, 0.6) is 0 Å². The van der Waals surface area contributed by atoms with E-state index in [1.54, 1.807) is 6.26 Å². The van der Waals surface area contributed by atoms with Crippen LogP contribution in [-0.2, 0) is 24.0 Å². The number of primary amides is 1. The van der Waals surface area contributed by atoms with Gasteiger partial charge in [-0.05, 0) is 31.3 Å². The number of aliphatic carboxylic acids is 1. The third kappa shape index (κ3) is 12.8. The predicted octanol–water partition coefficient (Wildman–Crippen LogP) is -4.47. The molecule has 0 aromatic rings. The Labute approximate surface area is 200 Å². The molecule has 4 atom stereocenters. The van der Waals surface area contributed by atoms with Gasteiger partial charge >= 0.3 is 5.97 Å². The molecular formula is C18H34N8O7S. The number of carboxylic acid groups (broad SMARTS) is 1. The number of aliphatic hydroxyl groups excluding tert-OH is 1. The van der Waals surface area contributed by atoms with Crippen molar-refractivity contribution in [3.63, 3.8) is 0 Å². The fourth-order valence-electron chi connectivity index (χ4n) is 2.58. The molecule has 16 heteroatoms. The van der Waals surface area contributed by atoms with Crippen molar-refractivity contribution < 1.29 is 34.2 Å². The molecule has 194 valence electrons. The summed E-state index contributed by atoms with van der Waals surface area (Å²) >= 11 is 1.38. The second-order valence-electron chi connectivity index (χ2n) is 7.21. The number of carboxylic acids is 1. The third-order valence-electron chi connectivity index (χ3n) is 4.38. The van der Waals surface area contributed by atoms with Crippen LogP contribution >= 0.6 is 11.8 Å². The van der Waals surface area contributed by atoms with Crippen LogP contribution in [0.3, 0.4) is 0 Å². The molecule has 0 aliphatic heterocycles. The van der Waals surface area contributed by atoms with Gasteiger partial charge in [-0.15, -0.1) is 0 Å². The minimum absolute atomic E-state index is 0.0722. The summed E-state index contributed by atoms with van der Waals surface area (Å²) in [6, 6.07) is -5.16. The summed E-state index contributed by atoms with van der Waals surface area (Å²) in [6.07, 6.45) is 1.63. The molecule has 0 aliphatic carbocycles. The van der Waals surface area contributed by atoms with Crippen LogP contribution in [0.1, 0.15) is 25.7 Å². The number of guanidine groups is 1. The number of hydrogen-bond acceptors (Lipinski definition) is 9. The number of hydrogen-bond donors (Lipinski definition) is 9. The molecule has 0 saturated heterocycles. The van der Waals surface area contributed by atoms with Gasteiger partial charge in [-0.1, -0.05) is 0 Å². The Balaban J connectivity index is 5.51. The second kappa shape index (κ2) is 16.5. The Morgan fingerprint density at radius 3 is 1.91 bits per heavy atom. The first-order valence-corrected chi connectivity index (χ1v) is 11.6. The molecule has 0 spiro atoms. The van der Waals surface area contributed by atoms with Gasteiger partial charge in [0.05, 0.1) is 13.0 Å². The van der Waals surface area contributed by atoms with Crippen molar-refractivity contribution in [2.45, 2.75) is 49.9 Å². The van der Waals surface area contributed by atoms with Crippen molar-refractivity contribution in [2.24, 2.45) is 27.9 Å². The number of aliphatic hydroxyl groups is 1. The van der Waals surface area contributed by atoms with Gasteiger partial charge in [-0.3, -0.25) is 24.2 Å². The number of carbonyl (C=O) groups is 5. The van der Waals surface area contributed by atoms with Gasteiger partial charge in [0.1, 0.15) is 24.2 Å². The van der Waals surface area contributed by atoms with Crippen LogP contribution in [-0.4, -0.2) is 95.1 Å². The van der Waals surface area contributed by atoms with E-state index in [9.17, 15) is 29.1 Å². The van der Waals surface area contributed by atoms with Crippen molar-refractivity contribution in [1.29, 1.82) is 0 Å². The fraction of sp³-hybridized carbons (Fsp3) is 0.667. The molecule has 0 heterocycles. The predicted molar refractivity (Wildman–Crippen MR) is 125 cm³/mol. The number of nitrogens with one attached hydrogen (secondary N) is 3. The topological polar surface area (TPSA) is 278 Å². The van der Waals surface area contributed by atoms with E-state index in [0.29, 0.717) is 5.75 Å². The van der Waals surface area contributed by atoms with Crippen molar-refractivity contribution in [3.05, 3.63) is 0 Å². The maximum atomic E-state index is 12.9. The number of amides is 4. The van der Waals surface area contributed by atoms with Crippen LogP contribution in [0.25, 0.3) is 0 Å². The Kier molecular flexibility index (Phi) is 15.0. The molecule has 0 radical (unpaired) electrons.